The molecular weight excluding hydrogens is 266 g/mol. The summed E-state index contributed by atoms with van der Waals surface area (Å²) in [7, 11) is 0. The van der Waals surface area contributed by atoms with E-state index < -0.39 is 0 Å². The van der Waals surface area contributed by atoms with Gasteiger partial charge in [0.2, 0.25) is 0 Å². The fourth-order valence-corrected chi connectivity index (χ4v) is 2.82. The van der Waals surface area contributed by atoms with Gasteiger partial charge < -0.3 is 10.6 Å². The second-order valence-corrected chi connectivity index (χ2v) is 6.64. The lowest BCUT2D eigenvalue weighted by atomic mass is 10.3. The number of aromatic nitrogens is 1. The molecule has 1 atom stereocenters. The lowest BCUT2D eigenvalue weighted by molar-refractivity contribution is 0.238. The fourth-order valence-electron chi connectivity index (χ4n) is 1.40. The van der Waals surface area contributed by atoms with Gasteiger partial charge in [-0.3, -0.25) is 0 Å². The fraction of sp³-hybridized carbons (Fsp3) is 0.667. The average Bonchev–Trinajstić information content (AvgIpc) is 2.75. The van der Waals surface area contributed by atoms with Crippen LogP contribution in [0.4, 0.5) is 4.79 Å². The number of aryl methyl sites for hydroxylation is 1. The minimum atomic E-state index is -0.114. The molecule has 1 unspecified atom stereocenters. The highest BCUT2D eigenvalue weighted by atomic mass is 32.2. The van der Waals surface area contributed by atoms with Gasteiger partial charge in [-0.25, -0.2) is 9.78 Å². The molecule has 0 fully saturated rings. The van der Waals surface area contributed by atoms with Gasteiger partial charge >= 0.3 is 6.03 Å². The summed E-state index contributed by atoms with van der Waals surface area (Å²) in [6, 6.07) is -0.148. The SMILES string of the molecule is CCSCCCNC(=O)NC(C)c1ncc(C)s1. The van der Waals surface area contributed by atoms with Gasteiger partial charge in [0.05, 0.1) is 6.04 Å². The summed E-state index contributed by atoms with van der Waals surface area (Å²) in [5, 5.41) is 6.70. The van der Waals surface area contributed by atoms with Crippen LogP contribution in [0.25, 0.3) is 0 Å². The number of thiazole rings is 1. The van der Waals surface area contributed by atoms with Crippen molar-refractivity contribution in [1.82, 2.24) is 15.6 Å². The van der Waals surface area contributed by atoms with Crippen LogP contribution in [-0.4, -0.2) is 29.1 Å². The second kappa shape index (κ2) is 8.37. The molecule has 1 aromatic rings. The largest absolute Gasteiger partial charge is 0.338 e. The number of rotatable bonds is 7. The maximum Gasteiger partial charge on any atom is 0.315 e. The number of hydrogen-bond acceptors (Lipinski definition) is 4. The molecule has 6 heteroatoms. The Labute approximate surface area is 117 Å². The van der Waals surface area contributed by atoms with E-state index >= 15 is 0 Å². The predicted octanol–water partition coefficient (Wildman–Crippen LogP) is 2.95. The summed E-state index contributed by atoms with van der Waals surface area (Å²) in [6.45, 7) is 6.83. The van der Waals surface area contributed by atoms with Crippen LogP contribution in [0.3, 0.4) is 0 Å². The Bertz CT molecular complexity index is 368. The third kappa shape index (κ3) is 5.73. The van der Waals surface area contributed by atoms with Crippen molar-refractivity contribution in [3.63, 3.8) is 0 Å². The molecule has 0 radical (unpaired) electrons. The van der Waals surface area contributed by atoms with Gasteiger partial charge in [0.25, 0.3) is 0 Å². The molecule has 0 spiro atoms. The molecule has 2 N–H and O–H groups in total. The summed E-state index contributed by atoms with van der Waals surface area (Å²) in [5.74, 6) is 2.23. The number of carbonyl (C=O) groups is 1. The van der Waals surface area contributed by atoms with Crippen molar-refractivity contribution in [2.75, 3.05) is 18.1 Å². The third-order valence-corrected chi connectivity index (χ3v) is 4.39. The van der Waals surface area contributed by atoms with Crippen LogP contribution in [0.1, 0.15) is 36.2 Å². The van der Waals surface area contributed by atoms with E-state index in [9.17, 15) is 4.79 Å². The first kappa shape index (κ1) is 15.3. The summed E-state index contributed by atoms with van der Waals surface area (Å²) in [6.07, 6.45) is 2.84. The van der Waals surface area contributed by atoms with Gasteiger partial charge in [-0.1, -0.05) is 6.92 Å². The molecule has 0 aliphatic carbocycles. The lowest BCUT2D eigenvalue weighted by Crippen LogP contribution is -2.37. The molecule has 4 nitrogen and oxygen atoms in total. The Balaban J connectivity index is 2.19. The molecule has 0 bridgehead atoms. The first-order valence-electron chi connectivity index (χ1n) is 6.18. The number of nitrogens with zero attached hydrogens (tertiary/aromatic N) is 1. The van der Waals surface area contributed by atoms with Gasteiger partial charge in [-0.15, -0.1) is 11.3 Å². The number of hydrogen-bond donors (Lipinski definition) is 2. The quantitative estimate of drug-likeness (QED) is 0.758. The zero-order chi connectivity index (χ0) is 13.4. The zero-order valence-electron chi connectivity index (χ0n) is 11.2. The van der Waals surface area contributed by atoms with Gasteiger partial charge in [0.1, 0.15) is 5.01 Å². The second-order valence-electron chi connectivity index (χ2n) is 3.98. The highest BCUT2D eigenvalue weighted by Gasteiger charge is 2.11. The van der Waals surface area contributed by atoms with Crippen molar-refractivity contribution in [3.8, 4) is 0 Å². The lowest BCUT2D eigenvalue weighted by Gasteiger charge is -2.12. The van der Waals surface area contributed by atoms with Crippen LogP contribution in [0, 0.1) is 6.92 Å². The Morgan fingerprint density at radius 3 is 3.00 bits per heavy atom. The minimum Gasteiger partial charge on any atom is -0.338 e. The van der Waals surface area contributed by atoms with Crippen molar-refractivity contribution >= 4 is 29.1 Å². The molecule has 1 heterocycles. The molecule has 0 saturated heterocycles. The van der Waals surface area contributed by atoms with E-state index in [4.69, 9.17) is 0 Å². The van der Waals surface area contributed by atoms with Gasteiger partial charge in [-0.2, -0.15) is 11.8 Å². The third-order valence-electron chi connectivity index (χ3n) is 2.31. The molecule has 0 saturated carbocycles. The number of thioether (sulfide) groups is 1. The van der Waals surface area contributed by atoms with E-state index in [2.05, 4.69) is 22.5 Å². The van der Waals surface area contributed by atoms with Crippen molar-refractivity contribution in [2.45, 2.75) is 33.2 Å². The van der Waals surface area contributed by atoms with Crippen LogP contribution < -0.4 is 10.6 Å². The smallest absolute Gasteiger partial charge is 0.315 e. The van der Waals surface area contributed by atoms with Crippen LogP contribution in [-0.2, 0) is 0 Å². The van der Waals surface area contributed by atoms with E-state index in [0.29, 0.717) is 0 Å². The molecule has 1 rings (SSSR count). The molecule has 102 valence electrons. The highest BCUT2D eigenvalue weighted by molar-refractivity contribution is 7.99. The van der Waals surface area contributed by atoms with Crippen LogP contribution in [0.5, 0.6) is 0 Å². The molecule has 1 aromatic heterocycles. The van der Waals surface area contributed by atoms with E-state index in [1.807, 2.05) is 31.8 Å². The summed E-state index contributed by atoms with van der Waals surface area (Å²) in [5.41, 5.74) is 0. The minimum absolute atomic E-state index is 0.0336. The van der Waals surface area contributed by atoms with E-state index in [1.165, 1.54) is 0 Å². The van der Waals surface area contributed by atoms with Crippen LogP contribution >= 0.6 is 23.1 Å². The number of urea groups is 1. The molecular formula is C12H21N3OS2. The van der Waals surface area contributed by atoms with Crippen molar-refractivity contribution in [1.29, 1.82) is 0 Å². The summed E-state index contributed by atoms with van der Waals surface area (Å²) >= 11 is 3.51. The molecule has 0 aliphatic heterocycles. The standard InChI is InChI=1S/C12H21N3OS2/c1-4-17-7-5-6-13-12(16)15-10(3)11-14-8-9(2)18-11/h8,10H,4-7H2,1-3H3,(H2,13,15,16). The van der Waals surface area contributed by atoms with Crippen molar-refractivity contribution < 1.29 is 4.79 Å². The maximum atomic E-state index is 11.6. The van der Waals surface area contributed by atoms with Crippen LogP contribution in [0.15, 0.2) is 6.20 Å². The summed E-state index contributed by atoms with van der Waals surface area (Å²) < 4.78 is 0. The van der Waals surface area contributed by atoms with E-state index in [0.717, 1.165) is 34.4 Å². The van der Waals surface area contributed by atoms with Gasteiger partial charge in [-0.05, 0) is 31.8 Å². The molecule has 2 amide bonds. The van der Waals surface area contributed by atoms with E-state index in [-0.39, 0.29) is 12.1 Å². The summed E-state index contributed by atoms with van der Waals surface area (Å²) in [4.78, 5) is 17.0. The molecule has 0 aliphatic rings. The highest BCUT2D eigenvalue weighted by Crippen LogP contribution is 2.18. The molecule has 0 aromatic carbocycles. The first-order valence-corrected chi connectivity index (χ1v) is 8.15. The van der Waals surface area contributed by atoms with Crippen molar-refractivity contribution in [2.24, 2.45) is 0 Å². The number of nitrogens with one attached hydrogen (secondary N) is 2. The Hall–Kier alpha value is -0.750. The topological polar surface area (TPSA) is 54.0 Å². The normalized spacial score (nSPS) is 12.2. The number of carbonyl (C=O) groups excluding carboxylic acids is 1. The molecule has 18 heavy (non-hydrogen) atoms. The Kier molecular flexibility index (Phi) is 7.12. The maximum absolute atomic E-state index is 11.6. The average molecular weight is 287 g/mol. The monoisotopic (exact) mass is 287 g/mol. The zero-order valence-corrected chi connectivity index (χ0v) is 12.8. The number of amides is 2. The van der Waals surface area contributed by atoms with E-state index in [1.54, 1.807) is 11.3 Å². The Morgan fingerprint density at radius 2 is 2.39 bits per heavy atom. The Morgan fingerprint density at radius 1 is 1.61 bits per heavy atom. The van der Waals surface area contributed by atoms with Gasteiger partial charge in [0.15, 0.2) is 0 Å². The van der Waals surface area contributed by atoms with Gasteiger partial charge in [0, 0.05) is 17.6 Å². The first-order chi connectivity index (χ1) is 8.63. The van der Waals surface area contributed by atoms with Crippen LogP contribution in [0.2, 0.25) is 0 Å². The van der Waals surface area contributed by atoms with Crippen molar-refractivity contribution in [3.05, 3.63) is 16.1 Å². The predicted molar refractivity (Wildman–Crippen MR) is 79.4 cm³/mol.